The van der Waals surface area contributed by atoms with Crippen LogP contribution < -0.4 is 15.4 Å². The Kier molecular flexibility index (Phi) is 39.1. The highest BCUT2D eigenvalue weighted by Gasteiger charge is 2.16. The van der Waals surface area contributed by atoms with Crippen LogP contribution in [0.2, 0.25) is 0 Å². The number of hydrogen-bond acceptors (Lipinski definition) is 3. The first kappa shape index (κ1) is 53.0. The Hall–Kier alpha value is -2.04. The van der Waals surface area contributed by atoms with Gasteiger partial charge < -0.3 is 15.4 Å². The van der Waals surface area contributed by atoms with Crippen LogP contribution >= 0.6 is 0 Å². The summed E-state index contributed by atoms with van der Waals surface area (Å²) in [5.41, 5.74) is 1.11. The van der Waals surface area contributed by atoms with Crippen LogP contribution in [-0.2, 0) is 0 Å². The molecule has 0 atom stereocenters. The van der Waals surface area contributed by atoms with Crippen molar-refractivity contribution in [2.75, 3.05) is 19.7 Å². The lowest BCUT2D eigenvalue weighted by Crippen LogP contribution is -2.26. The van der Waals surface area contributed by atoms with Crippen molar-refractivity contribution in [3.8, 4) is 5.75 Å². The van der Waals surface area contributed by atoms with Crippen molar-refractivity contribution in [1.29, 1.82) is 0 Å². The van der Waals surface area contributed by atoms with Crippen LogP contribution in [-0.4, -0.2) is 31.5 Å². The minimum absolute atomic E-state index is 0.0814. The topological polar surface area (TPSA) is 67.4 Å². The second-order valence-electron chi connectivity index (χ2n) is 17.4. The first-order chi connectivity index (χ1) is 28.1. The van der Waals surface area contributed by atoms with Gasteiger partial charge in [-0.15, -0.1) is 0 Å². The van der Waals surface area contributed by atoms with Gasteiger partial charge in [0, 0.05) is 18.7 Å². The summed E-state index contributed by atoms with van der Waals surface area (Å²) in [6, 6.07) is 5.36. The third-order valence-corrected chi connectivity index (χ3v) is 11.9. The lowest BCUT2D eigenvalue weighted by molar-refractivity contribution is 0.0937. The Bertz CT molecular complexity index is 1030. The number of unbranched alkanes of at least 4 members (excludes halogenated alkanes) is 35. The summed E-state index contributed by atoms with van der Waals surface area (Å²) in [5.74, 6) is 0.352. The number of hydrogen-bond donors (Lipinski definition) is 2. The van der Waals surface area contributed by atoms with E-state index in [2.05, 4.69) is 31.4 Å². The quantitative estimate of drug-likeness (QED) is 0.0646. The molecular weight excluding hydrogens is 701 g/mol. The number of carbonyl (C=O) groups is 2. The van der Waals surface area contributed by atoms with Crippen LogP contribution in [0, 0.1) is 0 Å². The van der Waals surface area contributed by atoms with Gasteiger partial charge >= 0.3 is 0 Å². The molecule has 5 heteroatoms. The molecule has 1 aromatic rings. The number of benzene rings is 1. The molecule has 0 spiro atoms. The van der Waals surface area contributed by atoms with Gasteiger partial charge in [-0.25, -0.2) is 0 Å². The van der Waals surface area contributed by atoms with Crippen LogP contribution in [0.4, 0.5) is 0 Å². The van der Waals surface area contributed by atoms with Crippen molar-refractivity contribution in [3.63, 3.8) is 0 Å². The van der Waals surface area contributed by atoms with Gasteiger partial charge in [-0.3, -0.25) is 9.59 Å². The molecule has 1 rings (SSSR count). The highest BCUT2D eigenvalue weighted by molar-refractivity contribution is 6.00. The average Bonchev–Trinajstić information content (AvgIpc) is 3.22. The zero-order chi connectivity index (χ0) is 41.1. The first-order valence-corrected chi connectivity index (χ1v) is 25.5. The maximum Gasteiger partial charge on any atom is 0.255 e. The second kappa shape index (κ2) is 42.1. The van der Waals surface area contributed by atoms with Crippen molar-refractivity contribution >= 4 is 11.8 Å². The average molecular weight is 797 g/mol. The third-order valence-electron chi connectivity index (χ3n) is 11.9. The molecule has 57 heavy (non-hydrogen) atoms. The van der Waals surface area contributed by atoms with Crippen molar-refractivity contribution in [1.82, 2.24) is 10.6 Å². The van der Waals surface area contributed by atoms with E-state index >= 15 is 0 Å². The summed E-state index contributed by atoms with van der Waals surface area (Å²) in [4.78, 5) is 26.4. The normalized spacial score (nSPS) is 11.3. The van der Waals surface area contributed by atoms with Gasteiger partial charge in [-0.2, -0.15) is 0 Å². The van der Waals surface area contributed by atoms with E-state index in [4.69, 9.17) is 4.74 Å². The summed E-state index contributed by atoms with van der Waals surface area (Å²) in [5, 5.41) is 6.25. The standard InChI is InChI=1S/C52H96N2O3/c1-4-7-10-13-16-19-21-23-25-27-29-31-33-36-39-44-53-51(55)48-42-43-49(50(47-48)57-46-41-38-35-18-15-12-9-6-3)52(56)54-45-40-37-34-32-30-28-26-24-22-20-17-14-11-8-5-2/h42-43,47H,4-41,44-46H2,1-3H3,(H,53,55)(H,54,56). The number of nitrogens with one attached hydrogen (secondary N) is 2. The summed E-state index contributed by atoms with van der Waals surface area (Å²) in [6.45, 7) is 8.76. The Labute approximate surface area is 355 Å². The van der Waals surface area contributed by atoms with E-state index in [0.717, 1.165) is 38.5 Å². The van der Waals surface area contributed by atoms with Crippen molar-refractivity contribution in [2.24, 2.45) is 0 Å². The lowest BCUT2D eigenvalue weighted by Gasteiger charge is -2.14. The lowest BCUT2D eigenvalue weighted by atomic mass is 10.0. The Morgan fingerprint density at radius 3 is 1.04 bits per heavy atom. The largest absolute Gasteiger partial charge is 0.493 e. The Morgan fingerprint density at radius 1 is 0.386 bits per heavy atom. The molecule has 0 saturated carbocycles. The molecule has 1 aromatic carbocycles. The molecular formula is C52H96N2O3. The maximum atomic E-state index is 13.3. The molecule has 2 amide bonds. The molecule has 0 aliphatic heterocycles. The van der Waals surface area contributed by atoms with Gasteiger partial charge in [0.15, 0.2) is 0 Å². The fourth-order valence-corrected chi connectivity index (χ4v) is 7.98. The minimum Gasteiger partial charge on any atom is -0.493 e. The van der Waals surface area contributed by atoms with E-state index in [-0.39, 0.29) is 11.8 Å². The number of carbonyl (C=O) groups excluding carboxylic acids is 2. The van der Waals surface area contributed by atoms with Gasteiger partial charge in [-0.1, -0.05) is 245 Å². The zero-order valence-corrected chi connectivity index (χ0v) is 38.4. The van der Waals surface area contributed by atoms with Crippen LogP contribution in [0.1, 0.15) is 285 Å². The molecule has 0 aliphatic carbocycles. The van der Waals surface area contributed by atoms with Crippen LogP contribution in [0.25, 0.3) is 0 Å². The van der Waals surface area contributed by atoms with E-state index in [1.54, 1.807) is 18.2 Å². The molecule has 332 valence electrons. The van der Waals surface area contributed by atoms with E-state index in [1.807, 2.05) is 0 Å². The number of rotatable bonds is 44. The molecule has 0 heterocycles. The highest BCUT2D eigenvalue weighted by Crippen LogP contribution is 2.22. The first-order valence-electron chi connectivity index (χ1n) is 25.5. The van der Waals surface area contributed by atoms with Gasteiger partial charge in [0.05, 0.1) is 12.2 Å². The smallest absolute Gasteiger partial charge is 0.255 e. The zero-order valence-electron chi connectivity index (χ0n) is 38.4. The van der Waals surface area contributed by atoms with E-state index in [0.29, 0.717) is 36.6 Å². The van der Waals surface area contributed by atoms with Gasteiger partial charge in [0.25, 0.3) is 11.8 Å². The Morgan fingerprint density at radius 2 is 0.684 bits per heavy atom. The maximum absolute atomic E-state index is 13.3. The predicted octanol–water partition coefficient (Wildman–Crippen LogP) is 16.4. The summed E-state index contributed by atoms with van der Waals surface area (Å²) < 4.78 is 6.22. The summed E-state index contributed by atoms with van der Waals surface area (Å²) in [6.07, 6.45) is 49.9. The molecule has 0 saturated heterocycles. The minimum atomic E-state index is -0.101. The van der Waals surface area contributed by atoms with Crippen molar-refractivity contribution < 1.29 is 14.3 Å². The molecule has 0 bridgehead atoms. The SMILES string of the molecule is CCCCCCCCCCCCCCCCCNC(=O)c1ccc(C(=O)NCCCCCCCCCCCCCCCCC)c(OCCCCCCCCCC)c1. The van der Waals surface area contributed by atoms with Crippen LogP contribution in [0.15, 0.2) is 18.2 Å². The monoisotopic (exact) mass is 797 g/mol. The molecule has 0 aromatic heterocycles. The van der Waals surface area contributed by atoms with E-state index in [1.165, 1.54) is 205 Å². The van der Waals surface area contributed by atoms with Gasteiger partial charge in [0.2, 0.25) is 0 Å². The molecule has 0 aliphatic rings. The third kappa shape index (κ3) is 33.5. The molecule has 0 fully saturated rings. The Balaban J connectivity index is 2.35. The molecule has 2 N–H and O–H groups in total. The van der Waals surface area contributed by atoms with Crippen LogP contribution in [0.3, 0.4) is 0 Å². The highest BCUT2D eigenvalue weighted by atomic mass is 16.5. The summed E-state index contributed by atoms with van der Waals surface area (Å²) in [7, 11) is 0. The van der Waals surface area contributed by atoms with Crippen molar-refractivity contribution in [2.45, 2.75) is 265 Å². The van der Waals surface area contributed by atoms with E-state index in [9.17, 15) is 9.59 Å². The van der Waals surface area contributed by atoms with Gasteiger partial charge in [0.1, 0.15) is 5.75 Å². The van der Waals surface area contributed by atoms with Gasteiger partial charge in [-0.05, 0) is 37.5 Å². The van der Waals surface area contributed by atoms with Crippen molar-refractivity contribution in [3.05, 3.63) is 29.3 Å². The predicted molar refractivity (Wildman–Crippen MR) is 249 cm³/mol. The molecule has 5 nitrogen and oxygen atoms in total. The fraction of sp³-hybridized carbons (Fsp3) is 0.846. The number of ether oxygens (including phenoxy) is 1. The fourth-order valence-electron chi connectivity index (χ4n) is 7.98. The summed E-state index contributed by atoms with van der Waals surface area (Å²) >= 11 is 0. The number of amides is 2. The second-order valence-corrected chi connectivity index (χ2v) is 17.4. The van der Waals surface area contributed by atoms with E-state index < -0.39 is 0 Å². The molecule has 0 radical (unpaired) electrons. The molecule has 0 unspecified atom stereocenters. The van der Waals surface area contributed by atoms with Crippen LogP contribution in [0.5, 0.6) is 5.75 Å².